The van der Waals surface area contributed by atoms with E-state index in [9.17, 15) is 17.6 Å². The predicted molar refractivity (Wildman–Crippen MR) is 40.3 cm³/mol. The third-order valence-electron chi connectivity index (χ3n) is 1.18. The number of ether oxygens (including phenoxy) is 1. The SMILES string of the molecule is Fc1cccc(OC(F)(F)F)c1S. The Hall–Kier alpha value is -0.910. The van der Waals surface area contributed by atoms with E-state index in [0.29, 0.717) is 0 Å². The highest BCUT2D eigenvalue weighted by atomic mass is 32.1. The lowest BCUT2D eigenvalue weighted by Gasteiger charge is -2.10. The second kappa shape index (κ2) is 3.45. The molecule has 0 N–H and O–H groups in total. The molecule has 0 radical (unpaired) electrons. The van der Waals surface area contributed by atoms with Crippen LogP contribution in [0.1, 0.15) is 0 Å². The van der Waals surface area contributed by atoms with E-state index in [-0.39, 0.29) is 0 Å². The number of hydrogen-bond acceptors (Lipinski definition) is 2. The van der Waals surface area contributed by atoms with Gasteiger partial charge in [-0.1, -0.05) is 6.07 Å². The van der Waals surface area contributed by atoms with Gasteiger partial charge in [0, 0.05) is 0 Å². The summed E-state index contributed by atoms with van der Waals surface area (Å²) in [5.74, 6) is -1.50. The number of hydrogen-bond donors (Lipinski definition) is 1. The van der Waals surface area contributed by atoms with Gasteiger partial charge in [0.2, 0.25) is 0 Å². The zero-order valence-electron chi connectivity index (χ0n) is 6.10. The van der Waals surface area contributed by atoms with Gasteiger partial charge in [-0.05, 0) is 12.1 Å². The van der Waals surface area contributed by atoms with Crippen LogP contribution in [0.3, 0.4) is 0 Å². The van der Waals surface area contributed by atoms with Crippen LogP contribution in [0.25, 0.3) is 0 Å². The van der Waals surface area contributed by atoms with Crippen LogP contribution in [-0.4, -0.2) is 6.36 Å². The molecule has 0 aromatic heterocycles. The molecule has 0 saturated heterocycles. The van der Waals surface area contributed by atoms with Crippen molar-refractivity contribution in [3.63, 3.8) is 0 Å². The molecule has 0 fully saturated rings. The van der Waals surface area contributed by atoms with Crippen LogP contribution in [0, 0.1) is 5.82 Å². The van der Waals surface area contributed by atoms with Crippen LogP contribution >= 0.6 is 12.6 Å². The van der Waals surface area contributed by atoms with Gasteiger partial charge in [0.05, 0.1) is 4.90 Å². The average Bonchev–Trinajstić information content (AvgIpc) is 1.96. The topological polar surface area (TPSA) is 9.23 Å². The predicted octanol–water partition coefficient (Wildman–Crippen LogP) is 3.01. The molecule has 1 aromatic carbocycles. The van der Waals surface area contributed by atoms with Crippen molar-refractivity contribution in [3.05, 3.63) is 24.0 Å². The normalized spacial score (nSPS) is 11.5. The molecule has 1 nitrogen and oxygen atoms in total. The Morgan fingerprint density at radius 3 is 2.38 bits per heavy atom. The summed E-state index contributed by atoms with van der Waals surface area (Å²) in [6.07, 6.45) is -4.83. The summed E-state index contributed by atoms with van der Waals surface area (Å²) in [4.78, 5) is -0.458. The van der Waals surface area contributed by atoms with Crippen molar-refractivity contribution in [1.29, 1.82) is 0 Å². The molecule has 0 aliphatic rings. The van der Waals surface area contributed by atoms with Crippen LogP contribution in [0.15, 0.2) is 23.1 Å². The molecule has 6 heteroatoms. The maximum absolute atomic E-state index is 12.6. The quantitative estimate of drug-likeness (QED) is 0.556. The molecule has 0 unspecified atom stereocenters. The minimum atomic E-state index is -4.83. The monoisotopic (exact) mass is 212 g/mol. The molecular formula is C7H4F4OS. The Morgan fingerprint density at radius 2 is 1.85 bits per heavy atom. The Labute approximate surface area is 76.7 Å². The fourth-order valence-corrected chi connectivity index (χ4v) is 0.897. The third-order valence-corrected chi connectivity index (χ3v) is 1.61. The van der Waals surface area contributed by atoms with Crippen LogP contribution in [-0.2, 0) is 0 Å². The van der Waals surface area contributed by atoms with Gasteiger partial charge in [-0.3, -0.25) is 0 Å². The van der Waals surface area contributed by atoms with E-state index in [1.54, 1.807) is 0 Å². The molecule has 0 aliphatic carbocycles. The highest BCUT2D eigenvalue weighted by Gasteiger charge is 2.32. The van der Waals surface area contributed by atoms with Crippen molar-refractivity contribution in [2.24, 2.45) is 0 Å². The first-order valence-electron chi connectivity index (χ1n) is 3.13. The largest absolute Gasteiger partial charge is 0.573 e. The van der Waals surface area contributed by atoms with Gasteiger partial charge in [-0.25, -0.2) is 4.39 Å². The number of rotatable bonds is 1. The van der Waals surface area contributed by atoms with Gasteiger partial charge < -0.3 is 4.74 Å². The second-order valence-corrected chi connectivity index (χ2v) is 2.58. The fraction of sp³-hybridized carbons (Fsp3) is 0.143. The van der Waals surface area contributed by atoms with Gasteiger partial charge in [0.1, 0.15) is 11.6 Å². The van der Waals surface area contributed by atoms with Crippen LogP contribution < -0.4 is 4.74 Å². The minimum Gasteiger partial charge on any atom is -0.404 e. The first-order valence-corrected chi connectivity index (χ1v) is 3.58. The molecule has 1 aromatic rings. The number of halogens is 4. The van der Waals surface area contributed by atoms with E-state index in [2.05, 4.69) is 17.4 Å². The lowest BCUT2D eigenvalue weighted by molar-refractivity contribution is -0.275. The third kappa shape index (κ3) is 2.80. The van der Waals surface area contributed by atoms with E-state index in [4.69, 9.17) is 0 Å². The van der Waals surface area contributed by atoms with Crippen LogP contribution in [0.4, 0.5) is 17.6 Å². The summed E-state index contributed by atoms with van der Waals surface area (Å²) in [5, 5.41) is 0. The molecule has 1 rings (SSSR count). The summed E-state index contributed by atoms with van der Waals surface area (Å²) in [6, 6.07) is 3.08. The zero-order chi connectivity index (χ0) is 10.1. The first kappa shape index (κ1) is 10.2. The maximum Gasteiger partial charge on any atom is 0.573 e. The average molecular weight is 212 g/mol. The first-order chi connectivity index (χ1) is 5.90. The molecular weight excluding hydrogens is 208 g/mol. The van der Waals surface area contributed by atoms with Crippen molar-refractivity contribution in [3.8, 4) is 5.75 Å². The second-order valence-electron chi connectivity index (χ2n) is 2.13. The Kier molecular flexibility index (Phi) is 2.70. The zero-order valence-corrected chi connectivity index (χ0v) is 6.99. The smallest absolute Gasteiger partial charge is 0.404 e. The van der Waals surface area contributed by atoms with Gasteiger partial charge >= 0.3 is 6.36 Å². The number of alkyl halides is 3. The number of benzene rings is 1. The molecule has 0 heterocycles. The van der Waals surface area contributed by atoms with Crippen LogP contribution in [0.2, 0.25) is 0 Å². The maximum atomic E-state index is 12.6. The Bertz CT molecular complexity index is 310. The van der Waals surface area contributed by atoms with E-state index in [1.807, 2.05) is 0 Å². The molecule has 0 spiro atoms. The molecule has 13 heavy (non-hydrogen) atoms. The van der Waals surface area contributed by atoms with E-state index < -0.39 is 22.8 Å². The summed E-state index contributed by atoms with van der Waals surface area (Å²) in [7, 11) is 0. The van der Waals surface area contributed by atoms with Crippen molar-refractivity contribution < 1.29 is 22.3 Å². The van der Waals surface area contributed by atoms with E-state index in [1.165, 1.54) is 0 Å². The molecule has 0 amide bonds. The van der Waals surface area contributed by atoms with Gasteiger partial charge in [0.25, 0.3) is 0 Å². The lowest BCUT2D eigenvalue weighted by atomic mass is 10.3. The van der Waals surface area contributed by atoms with E-state index in [0.717, 1.165) is 18.2 Å². The lowest BCUT2D eigenvalue weighted by Crippen LogP contribution is -2.17. The molecule has 0 saturated carbocycles. The molecule has 0 aliphatic heterocycles. The van der Waals surface area contributed by atoms with Gasteiger partial charge in [0.15, 0.2) is 0 Å². The van der Waals surface area contributed by atoms with Gasteiger partial charge in [-0.15, -0.1) is 25.8 Å². The Morgan fingerprint density at radius 1 is 1.23 bits per heavy atom. The number of thiol groups is 1. The van der Waals surface area contributed by atoms with Crippen molar-refractivity contribution in [2.75, 3.05) is 0 Å². The van der Waals surface area contributed by atoms with Crippen molar-refractivity contribution in [2.45, 2.75) is 11.3 Å². The summed E-state index contributed by atoms with van der Waals surface area (Å²) in [6.45, 7) is 0. The molecule has 0 bridgehead atoms. The van der Waals surface area contributed by atoms with Crippen molar-refractivity contribution >= 4 is 12.6 Å². The highest BCUT2D eigenvalue weighted by molar-refractivity contribution is 7.80. The van der Waals surface area contributed by atoms with Gasteiger partial charge in [-0.2, -0.15) is 0 Å². The summed E-state index contributed by atoms with van der Waals surface area (Å²) in [5.41, 5.74) is 0. The minimum absolute atomic E-state index is 0.458. The Balaban J connectivity index is 2.96. The fourth-order valence-electron chi connectivity index (χ4n) is 0.703. The molecule has 0 atom stereocenters. The van der Waals surface area contributed by atoms with E-state index >= 15 is 0 Å². The summed E-state index contributed by atoms with van der Waals surface area (Å²) < 4.78 is 51.2. The van der Waals surface area contributed by atoms with Crippen molar-refractivity contribution in [1.82, 2.24) is 0 Å². The highest BCUT2D eigenvalue weighted by Crippen LogP contribution is 2.30. The molecule has 72 valence electrons. The summed E-state index contributed by atoms with van der Waals surface area (Å²) >= 11 is 3.52. The standard InChI is InChI=1S/C7H4F4OS/c8-4-2-1-3-5(6(4)13)12-7(9,10)11/h1-3,13H. The van der Waals surface area contributed by atoms with Crippen LogP contribution in [0.5, 0.6) is 5.75 Å².